The first-order chi connectivity index (χ1) is 14.8. The third kappa shape index (κ3) is 4.14. The first kappa shape index (κ1) is 23.9. The Morgan fingerprint density at radius 3 is 2.25 bits per heavy atom. The zero-order valence-corrected chi connectivity index (χ0v) is 18.6. The van der Waals surface area contributed by atoms with Gasteiger partial charge in [0.2, 0.25) is 0 Å². The van der Waals surface area contributed by atoms with E-state index in [1.807, 2.05) is 6.92 Å². The molecule has 1 aliphatic carbocycles. The van der Waals surface area contributed by atoms with Gasteiger partial charge in [0.1, 0.15) is 12.2 Å². The van der Waals surface area contributed by atoms with Crippen molar-refractivity contribution >= 4 is 23.7 Å². The second-order valence-electron chi connectivity index (χ2n) is 9.00. The maximum Gasteiger partial charge on any atom is 0.334 e. The molecule has 3 fully saturated rings. The number of rotatable bonds is 4. The molecule has 32 heavy (non-hydrogen) atoms. The van der Waals surface area contributed by atoms with Gasteiger partial charge in [-0.1, -0.05) is 26.7 Å². The lowest BCUT2D eigenvalue weighted by Gasteiger charge is -2.40. The second kappa shape index (κ2) is 8.29. The van der Waals surface area contributed by atoms with Crippen LogP contribution in [0.15, 0.2) is 36.5 Å². The van der Waals surface area contributed by atoms with Crippen LogP contribution in [0.3, 0.4) is 0 Å². The summed E-state index contributed by atoms with van der Waals surface area (Å²) in [6, 6.07) is 0. The van der Waals surface area contributed by atoms with Gasteiger partial charge in [-0.25, -0.2) is 14.4 Å². The van der Waals surface area contributed by atoms with E-state index >= 15 is 0 Å². The Hall–Kier alpha value is -2.78. The fourth-order valence-electron chi connectivity index (χ4n) is 4.21. The summed E-state index contributed by atoms with van der Waals surface area (Å²) in [5.41, 5.74) is -2.31. The number of ether oxygens (including phenoxy) is 4. The van der Waals surface area contributed by atoms with Crippen LogP contribution in [0.2, 0.25) is 0 Å². The van der Waals surface area contributed by atoms with Crippen molar-refractivity contribution in [3.63, 3.8) is 0 Å². The molecular weight excluding hydrogens is 420 g/mol. The molecule has 0 amide bonds. The molecule has 2 heterocycles. The predicted molar refractivity (Wildman–Crippen MR) is 110 cm³/mol. The summed E-state index contributed by atoms with van der Waals surface area (Å²) in [5.74, 6) is -4.38. The Kier molecular flexibility index (Phi) is 6.19. The van der Waals surface area contributed by atoms with Gasteiger partial charge >= 0.3 is 17.9 Å². The third-order valence-corrected chi connectivity index (χ3v) is 6.15. The van der Waals surface area contributed by atoms with Crippen LogP contribution >= 0.6 is 0 Å². The van der Waals surface area contributed by atoms with E-state index in [-0.39, 0.29) is 29.1 Å². The van der Waals surface area contributed by atoms with Gasteiger partial charge < -0.3 is 24.1 Å². The summed E-state index contributed by atoms with van der Waals surface area (Å²) in [4.78, 5) is 50.5. The summed E-state index contributed by atoms with van der Waals surface area (Å²) in [6.07, 6.45) is -5.09. The molecule has 1 N–H and O–H groups in total. The van der Waals surface area contributed by atoms with Crippen molar-refractivity contribution in [1.82, 2.24) is 0 Å². The van der Waals surface area contributed by atoms with Crippen LogP contribution in [0.25, 0.3) is 0 Å². The lowest BCUT2D eigenvalue weighted by molar-refractivity contribution is -0.195. The van der Waals surface area contributed by atoms with Gasteiger partial charge in [0.05, 0.1) is 12.0 Å². The van der Waals surface area contributed by atoms with E-state index in [2.05, 4.69) is 19.7 Å². The molecule has 0 radical (unpaired) electrons. The van der Waals surface area contributed by atoms with Gasteiger partial charge in [0.25, 0.3) is 0 Å². The molecule has 0 aromatic heterocycles. The van der Waals surface area contributed by atoms with Gasteiger partial charge in [-0.2, -0.15) is 0 Å². The number of Topliss-reactive ketones (excluding diaryl/α,β-unsaturated/α-hetero) is 1. The fraction of sp³-hybridized carbons (Fsp3) is 0.565. The van der Waals surface area contributed by atoms with Crippen LogP contribution in [0, 0.1) is 11.8 Å². The topological polar surface area (TPSA) is 129 Å². The standard InChI is InChI=1S/C23H28O9/c1-9(2)20(25)31-16-14-12(6)22(27)29-13(14)8-11(5)15-17(30-15)18(24)23(7,28)19(16)32-21(26)10(3)4/h11,13-17,19,28H,1,3,6,8H2,2,4-5,7H3/t11-,13-,14-,15+,16+,17+,19-,23+/m1/s1. The average Bonchev–Trinajstić information content (AvgIpc) is 3.45. The Bertz CT molecular complexity index is 914. The van der Waals surface area contributed by atoms with Gasteiger partial charge in [0.15, 0.2) is 23.6 Å². The molecule has 3 rings (SSSR count). The van der Waals surface area contributed by atoms with Crippen molar-refractivity contribution in [3.05, 3.63) is 36.5 Å². The predicted octanol–water partition coefficient (Wildman–Crippen LogP) is 1.19. The van der Waals surface area contributed by atoms with Crippen LogP contribution in [0.1, 0.15) is 34.1 Å². The minimum absolute atomic E-state index is 0.00128. The van der Waals surface area contributed by atoms with Crippen molar-refractivity contribution in [2.45, 2.75) is 70.2 Å². The molecule has 0 bridgehead atoms. The first-order valence-corrected chi connectivity index (χ1v) is 10.3. The summed E-state index contributed by atoms with van der Waals surface area (Å²) in [5, 5.41) is 11.3. The summed E-state index contributed by atoms with van der Waals surface area (Å²) in [6.45, 7) is 16.6. The lowest BCUT2D eigenvalue weighted by atomic mass is 9.75. The molecule has 9 heteroatoms. The third-order valence-electron chi connectivity index (χ3n) is 6.15. The minimum atomic E-state index is -2.32. The van der Waals surface area contributed by atoms with Crippen LogP contribution < -0.4 is 0 Å². The molecule has 1 saturated carbocycles. The molecule has 2 saturated heterocycles. The zero-order chi connectivity index (χ0) is 24.1. The van der Waals surface area contributed by atoms with Crippen molar-refractivity contribution in [1.29, 1.82) is 0 Å². The van der Waals surface area contributed by atoms with E-state index in [1.165, 1.54) is 13.8 Å². The Labute approximate surface area is 186 Å². The smallest absolute Gasteiger partial charge is 0.334 e. The molecule has 0 spiro atoms. The van der Waals surface area contributed by atoms with E-state index in [9.17, 15) is 24.3 Å². The molecule has 3 aliphatic rings. The highest BCUT2D eigenvalue weighted by Gasteiger charge is 2.63. The van der Waals surface area contributed by atoms with Gasteiger partial charge in [0, 0.05) is 16.7 Å². The Morgan fingerprint density at radius 1 is 1.12 bits per heavy atom. The molecule has 0 aromatic rings. The second-order valence-corrected chi connectivity index (χ2v) is 9.00. The molecule has 174 valence electrons. The molecular formula is C23H28O9. The van der Waals surface area contributed by atoms with E-state index in [1.54, 1.807) is 0 Å². The summed E-state index contributed by atoms with van der Waals surface area (Å²) < 4.78 is 22.1. The molecule has 0 aromatic carbocycles. The number of carbonyl (C=O) groups excluding carboxylic acids is 4. The number of carbonyl (C=O) groups is 4. The van der Waals surface area contributed by atoms with Crippen LogP contribution in [0.4, 0.5) is 0 Å². The number of aliphatic hydroxyl groups is 1. The number of ketones is 1. The van der Waals surface area contributed by atoms with Gasteiger partial charge in [-0.3, -0.25) is 4.79 Å². The molecule has 2 aliphatic heterocycles. The van der Waals surface area contributed by atoms with Crippen molar-refractivity contribution in [2.75, 3.05) is 0 Å². The fourth-order valence-corrected chi connectivity index (χ4v) is 4.21. The zero-order valence-electron chi connectivity index (χ0n) is 18.6. The Balaban J connectivity index is 2.16. The molecule has 9 nitrogen and oxygen atoms in total. The van der Waals surface area contributed by atoms with E-state index < -0.39 is 65.7 Å². The van der Waals surface area contributed by atoms with Crippen LogP contribution in [-0.4, -0.2) is 64.9 Å². The maximum atomic E-state index is 13.2. The largest absolute Gasteiger partial charge is 0.458 e. The van der Waals surface area contributed by atoms with Crippen molar-refractivity contribution in [2.24, 2.45) is 11.8 Å². The Morgan fingerprint density at radius 2 is 1.69 bits per heavy atom. The van der Waals surface area contributed by atoms with E-state index in [0.717, 1.165) is 6.92 Å². The average molecular weight is 448 g/mol. The normalized spacial score (nSPS) is 38.7. The number of hydrogen-bond acceptors (Lipinski definition) is 9. The SMILES string of the molecule is C=C(C)C(=O)O[C@H]1[C@@H]2C(=C)C(=O)O[C@@H]2C[C@@H](C)[C@@H]2O[C@@H]2C(=O)[C@](C)(O)[C@@H]1OC(=O)C(=C)C. The van der Waals surface area contributed by atoms with Crippen LogP contribution in [0.5, 0.6) is 0 Å². The van der Waals surface area contributed by atoms with E-state index in [0.29, 0.717) is 0 Å². The highest BCUT2D eigenvalue weighted by Crippen LogP contribution is 2.45. The van der Waals surface area contributed by atoms with Crippen molar-refractivity contribution < 1.29 is 43.2 Å². The maximum absolute atomic E-state index is 13.2. The molecule has 8 atom stereocenters. The quantitative estimate of drug-likeness (QED) is 0.292. The number of esters is 3. The summed E-state index contributed by atoms with van der Waals surface area (Å²) in [7, 11) is 0. The number of hydrogen-bond donors (Lipinski definition) is 1. The van der Waals surface area contributed by atoms with Gasteiger partial charge in [-0.15, -0.1) is 0 Å². The first-order valence-electron chi connectivity index (χ1n) is 10.3. The number of epoxide rings is 1. The lowest BCUT2D eigenvalue weighted by Crippen LogP contribution is -2.60. The van der Waals surface area contributed by atoms with Crippen LogP contribution in [-0.2, 0) is 38.1 Å². The monoisotopic (exact) mass is 448 g/mol. The van der Waals surface area contributed by atoms with Crippen molar-refractivity contribution in [3.8, 4) is 0 Å². The highest BCUT2D eigenvalue weighted by atomic mass is 16.6. The highest BCUT2D eigenvalue weighted by molar-refractivity contribution is 5.95. The minimum Gasteiger partial charge on any atom is -0.458 e. The van der Waals surface area contributed by atoms with Gasteiger partial charge in [-0.05, 0) is 33.1 Å². The summed E-state index contributed by atoms with van der Waals surface area (Å²) >= 11 is 0. The molecule has 0 unspecified atom stereocenters. The van der Waals surface area contributed by atoms with E-state index in [4.69, 9.17) is 18.9 Å². The number of fused-ring (bicyclic) bond motifs is 2.